The zero-order chi connectivity index (χ0) is 15.7. The van der Waals surface area contributed by atoms with E-state index in [1.54, 1.807) is 24.3 Å². The summed E-state index contributed by atoms with van der Waals surface area (Å²) in [7, 11) is 3.07. The van der Waals surface area contributed by atoms with E-state index in [1.165, 1.54) is 14.2 Å². The predicted octanol–water partition coefficient (Wildman–Crippen LogP) is 2.99. The summed E-state index contributed by atoms with van der Waals surface area (Å²) in [6.07, 6.45) is -0.832. The van der Waals surface area contributed by atoms with Crippen molar-refractivity contribution in [2.45, 2.75) is 45.6 Å². The molecule has 21 heavy (non-hydrogen) atoms. The fourth-order valence-electron chi connectivity index (χ4n) is 1.81. The molecule has 0 fully saturated rings. The molecule has 0 aromatic heterocycles. The zero-order valence-corrected chi connectivity index (χ0v) is 13.1. The molecule has 0 heterocycles. The Morgan fingerprint density at radius 2 is 1.43 bits per heavy atom. The number of ketones is 1. The average Bonchev–Trinajstić information content (AvgIpc) is 2.55. The van der Waals surface area contributed by atoms with Crippen molar-refractivity contribution in [3.63, 3.8) is 0 Å². The summed E-state index contributed by atoms with van der Waals surface area (Å²) in [5, 5.41) is 0. The van der Waals surface area contributed by atoms with Gasteiger partial charge >= 0.3 is 0 Å². The summed E-state index contributed by atoms with van der Waals surface area (Å²) in [4.78, 5) is 12.5. The molecular formula is C16H24O5. The smallest absolute Gasteiger partial charge is 0.227 e. The molecule has 0 saturated carbocycles. The van der Waals surface area contributed by atoms with Gasteiger partial charge in [-0.3, -0.25) is 4.79 Å². The first kappa shape index (κ1) is 17.8. The highest BCUT2D eigenvalue weighted by Crippen LogP contribution is 2.15. The molecule has 0 aliphatic rings. The van der Waals surface area contributed by atoms with Gasteiger partial charge in [-0.25, -0.2) is 0 Å². The molecule has 0 aliphatic carbocycles. The number of carbonyl (C=O) groups excluding carboxylic acids is 1. The second kappa shape index (κ2) is 9.63. The SMILES string of the molecule is CCC(OC)OC(OC(CC)OC)C(=O)c1ccccc1. The van der Waals surface area contributed by atoms with Crippen LogP contribution in [0.3, 0.4) is 0 Å². The van der Waals surface area contributed by atoms with E-state index in [4.69, 9.17) is 18.9 Å². The summed E-state index contributed by atoms with van der Waals surface area (Å²) in [6, 6.07) is 8.89. The Labute approximate surface area is 126 Å². The minimum absolute atomic E-state index is 0.249. The monoisotopic (exact) mass is 296 g/mol. The van der Waals surface area contributed by atoms with Gasteiger partial charge in [0.05, 0.1) is 0 Å². The quantitative estimate of drug-likeness (QED) is 0.491. The third kappa shape index (κ3) is 5.55. The van der Waals surface area contributed by atoms with E-state index >= 15 is 0 Å². The standard InChI is InChI=1S/C16H24O5/c1-5-13(18-3)20-16(21-14(6-2)19-4)15(17)12-10-8-7-9-11-12/h7-11,13-14,16H,5-6H2,1-4H3. The molecule has 1 rings (SSSR count). The Morgan fingerprint density at radius 1 is 0.952 bits per heavy atom. The Hall–Kier alpha value is -1.27. The average molecular weight is 296 g/mol. The van der Waals surface area contributed by atoms with Crippen LogP contribution in [0.4, 0.5) is 0 Å². The van der Waals surface area contributed by atoms with E-state index in [1.807, 2.05) is 19.9 Å². The van der Waals surface area contributed by atoms with E-state index in [0.29, 0.717) is 18.4 Å². The van der Waals surface area contributed by atoms with Gasteiger partial charge < -0.3 is 18.9 Å². The Morgan fingerprint density at radius 3 is 1.81 bits per heavy atom. The van der Waals surface area contributed by atoms with Gasteiger partial charge in [-0.05, 0) is 12.8 Å². The normalized spacial score (nSPS) is 15.4. The maximum Gasteiger partial charge on any atom is 0.227 e. The molecule has 2 unspecified atom stereocenters. The Bertz CT molecular complexity index is 384. The van der Waals surface area contributed by atoms with Crippen LogP contribution in [0, 0.1) is 0 Å². The lowest BCUT2D eigenvalue weighted by Crippen LogP contribution is -2.36. The molecular weight excluding hydrogens is 272 g/mol. The lowest BCUT2D eigenvalue weighted by Gasteiger charge is -2.25. The van der Waals surface area contributed by atoms with Crippen LogP contribution in [0.25, 0.3) is 0 Å². The summed E-state index contributed by atoms with van der Waals surface area (Å²) < 4.78 is 21.6. The van der Waals surface area contributed by atoms with Crippen LogP contribution in [0.1, 0.15) is 37.0 Å². The molecule has 2 atom stereocenters. The number of methoxy groups -OCH3 is 2. The molecule has 0 spiro atoms. The number of hydrogen-bond acceptors (Lipinski definition) is 5. The highest BCUT2D eigenvalue weighted by Gasteiger charge is 2.27. The third-order valence-corrected chi connectivity index (χ3v) is 3.02. The first-order valence-corrected chi connectivity index (χ1v) is 7.11. The number of rotatable bonds is 10. The van der Waals surface area contributed by atoms with Gasteiger partial charge in [-0.1, -0.05) is 44.2 Å². The summed E-state index contributed by atoms with van der Waals surface area (Å²) >= 11 is 0. The summed E-state index contributed by atoms with van der Waals surface area (Å²) in [5.74, 6) is -0.249. The van der Waals surface area contributed by atoms with Gasteiger partial charge in [-0.15, -0.1) is 0 Å². The van der Waals surface area contributed by atoms with Crippen LogP contribution in [0.15, 0.2) is 30.3 Å². The lowest BCUT2D eigenvalue weighted by atomic mass is 10.1. The molecule has 1 aromatic rings. The molecule has 0 amide bonds. The van der Waals surface area contributed by atoms with Crippen LogP contribution in [0.5, 0.6) is 0 Å². The maximum absolute atomic E-state index is 12.5. The second-order valence-electron chi connectivity index (χ2n) is 4.48. The predicted molar refractivity (Wildman–Crippen MR) is 78.9 cm³/mol. The highest BCUT2D eigenvalue weighted by molar-refractivity contribution is 5.98. The molecule has 5 nitrogen and oxygen atoms in total. The number of carbonyl (C=O) groups is 1. The number of hydrogen-bond donors (Lipinski definition) is 0. The second-order valence-corrected chi connectivity index (χ2v) is 4.48. The van der Waals surface area contributed by atoms with Gasteiger partial charge in [0.1, 0.15) is 0 Å². The van der Waals surface area contributed by atoms with Crippen LogP contribution in [0.2, 0.25) is 0 Å². The number of Topliss-reactive ketones (excluding diaryl/α,β-unsaturated/α-hetero) is 1. The van der Waals surface area contributed by atoms with Crippen molar-refractivity contribution in [2.75, 3.05) is 14.2 Å². The molecule has 5 heteroatoms. The lowest BCUT2D eigenvalue weighted by molar-refractivity contribution is -0.266. The van der Waals surface area contributed by atoms with Crippen molar-refractivity contribution in [3.8, 4) is 0 Å². The molecule has 0 radical (unpaired) electrons. The van der Waals surface area contributed by atoms with Crippen molar-refractivity contribution in [2.24, 2.45) is 0 Å². The topological polar surface area (TPSA) is 54.0 Å². The summed E-state index contributed by atoms with van der Waals surface area (Å²) in [6.45, 7) is 3.82. The highest BCUT2D eigenvalue weighted by atomic mass is 16.8. The Kier molecular flexibility index (Phi) is 8.15. The largest absolute Gasteiger partial charge is 0.356 e. The van der Waals surface area contributed by atoms with Crippen LogP contribution in [-0.2, 0) is 18.9 Å². The van der Waals surface area contributed by atoms with E-state index in [2.05, 4.69) is 0 Å². The van der Waals surface area contributed by atoms with Gasteiger partial charge in [0.2, 0.25) is 12.1 Å². The van der Waals surface area contributed by atoms with E-state index in [9.17, 15) is 4.79 Å². The van der Waals surface area contributed by atoms with Crippen molar-refractivity contribution in [1.29, 1.82) is 0 Å². The molecule has 0 bridgehead atoms. The van der Waals surface area contributed by atoms with Gasteiger partial charge in [-0.2, -0.15) is 0 Å². The number of benzene rings is 1. The molecule has 0 aliphatic heterocycles. The Balaban J connectivity index is 2.86. The van der Waals surface area contributed by atoms with E-state index in [-0.39, 0.29) is 5.78 Å². The van der Waals surface area contributed by atoms with Crippen LogP contribution in [-0.4, -0.2) is 38.9 Å². The van der Waals surface area contributed by atoms with E-state index in [0.717, 1.165) is 0 Å². The van der Waals surface area contributed by atoms with Crippen molar-refractivity contribution in [1.82, 2.24) is 0 Å². The number of ether oxygens (including phenoxy) is 4. The van der Waals surface area contributed by atoms with Crippen molar-refractivity contribution >= 4 is 5.78 Å². The van der Waals surface area contributed by atoms with Gasteiger partial charge in [0, 0.05) is 19.8 Å². The van der Waals surface area contributed by atoms with Gasteiger partial charge in [0.15, 0.2) is 12.6 Å². The molecule has 1 aromatic carbocycles. The third-order valence-electron chi connectivity index (χ3n) is 3.02. The van der Waals surface area contributed by atoms with Crippen molar-refractivity contribution < 1.29 is 23.7 Å². The minimum atomic E-state index is -1.05. The first-order chi connectivity index (χ1) is 10.2. The molecule has 0 N–H and O–H groups in total. The zero-order valence-electron chi connectivity index (χ0n) is 13.1. The van der Waals surface area contributed by atoms with Gasteiger partial charge in [0.25, 0.3) is 0 Å². The van der Waals surface area contributed by atoms with Crippen LogP contribution < -0.4 is 0 Å². The van der Waals surface area contributed by atoms with E-state index < -0.39 is 18.9 Å². The van der Waals surface area contributed by atoms with Crippen molar-refractivity contribution in [3.05, 3.63) is 35.9 Å². The maximum atomic E-state index is 12.5. The molecule has 118 valence electrons. The molecule has 0 saturated heterocycles. The fourth-order valence-corrected chi connectivity index (χ4v) is 1.81. The fraction of sp³-hybridized carbons (Fsp3) is 0.562. The summed E-state index contributed by atoms with van der Waals surface area (Å²) in [5.41, 5.74) is 0.527. The first-order valence-electron chi connectivity index (χ1n) is 7.11. The van der Waals surface area contributed by atoms with Crippen LogP contribution >= 0.6 is 0 Å². The minimum Gasteiger partial charge on any atom is -0.356 e.